The summed E-state index contributed by atoms with van der Waals surface area (Å²) < 4.78 is 5.58. The number of rotatable bonds is 4. The van der Waals surface area contributed by atoms with Gasteiger partial charge in [-0.1, -0.05) is 5.11 Å². The Balaban J connectivity index is 2.56. The summed E-state index contributed by atoms with van der Waals surface area (Å²) in [6, 6.07) is 2.09. The molecule has 0 N–H and O–H groups in total. The largest absolute Gasteiger partial charge is 0.421 e. The van der Waals surface area contributed by atoms with Crippen molar-refractivity contribution < 1.29 is 4.42 Å². The number of oxazole rings is 1. The summed E-state index contributed by atoms with van der Waals surface area (Å²) in [5, 5.41) is 3.55. The molecule has 0 amide bonds. The average molecular weight is 232 g/mol. The predicted octanol–water partition coefficient (Wildman–Crippen LogP) is 3.01. The molecule has 0 aromatic carbocycles. The fourth-order valence-corrected chi connectivity index (χ4v) is 1.57. The van der Waals surface area contributed by atoms with Crippen LogP contribution in [0.25, 0.3) is 21.7 Å². The molecule has 0 fully saturated rings. The van der Waals surface area contributed by atoms with Crippen LogP contribution in [0.1, 0.15) is 13.8 Å². The molecule has 0 saturated carbocycles. The Labute approximate surface area is 97.7 Å². The number of nitrogens with zero attached hydrogens (tertiary/aromatic N) is 6. The van der Waals surface area contributed by atoms with Crippen LogP contribution in [0.4, 0.5) is 11.7 Å². The maximum absolute atomic E-state index is 8.45. The summed E-state index contributed by atoms with van der Waals surface area (Å²) in [4.78, 5) is 13.0. The topological polar surface area (TPSA) is 90.9 Å². The van der Waals surface area contributed by atoms with Crippen LogP contribution in [0.2, 0.25) is 0 Å². The molecule has 2 aromatic rings. The molecule has 2 aromatic heterocycles. The average Bonchev–Trinajstić information content (AvgIpc) is 2.76. The van der Waals surface area contributed by atoms with Gasteiger partial charge in [0, 0.05) is 24.2 Å². The van der Waals surface area contributed by atoms with Crippen molar-refractivity contribution in [1.29, 1.82) is 0 Å². The standard InChI is InChI=1S/C10H12N6O/c1-3-16(4-2)10-13-9-8(17-10)7(14-15-11)5-6-12-9/h5-6H,3-4H2,1-2H3. The van der Waals surface area contributed by atoms with Gasteiger partial charge in [0.15, 0.2) is 5.58 Å². The van der Waals surface area contributed by atoms with E-state index in [4.69, 9.17) is 9.95 Å². The quantitative estimate of drug-likeness (QED) is 0.460. The minimum absolute atomic E-state index is 0.406. The van der Waals surface area contributed by atoms with Crippen molar-refractivity contribution in [2.75, 3.05) is 18.0 Å². The van der Waals surface area contributed by atoms with Gasteiger partial charge in [0.05, 0.1) is 5.69 Å². The fourth-order valence-electron chi connectivity index (χ4n) is 1.57. The first-order valence-electron chi connectivity index (χ1n) is 5.35. The van der Waals surface area contributed by atoms with E-state index in [2.05, 4.69) is 20.0 Å². The molecule has 0 radical (unpaired) electrons. The van der Waals surface area contributed by atoms with Crippen molar-refractivity contribution in [3.8, 4) is 0 Å². The lowest BCUT2D eigenvalue weighted by Gasteiger charge is -2.14. The van der Waals surface area contributed by atoms with E-state index in [0.29, 0.717) is 22.9 Å². The zero-order valence-corrected chi connectivity index (χ0v) is 9.66. The zero-order chi connectivity index (χ0) is 12.3. The molecule has 7 heteroatoms. The van der Waals surface area contributed by atoms with Gasteiger partial charge in [-0.3, -0.25) is 0 Å². The Morgan fingerprint density at radius 2 is 2.24 bits per heavy atom. The first-order valence-corrected chi connectivity index (χ1v) is 5.35. The van der Waals surface area contributed by atoms with E-state index in [1.165, 1.54) is 0 Å². The predicted molar refractivity (Wildman–Crippen MR) is 64.2 cm³/mol. The lowest BCUT2D eigenvalue weighted by Crippen LogP contribution is -2.21. The van der Waals surface area contributed by atoms with Crippen molar-refractivity contribution >= 4 is 22.9 Å². The SMILES string of the molecule is CCN(CC)c1nc2nccc(N=[N+]=[N-])c2o1. The normalized spacial score (nSPS) is 10.2. The monoisotopic (exact) mass is 232 g/mol. The van der Waals surface area contributed by atoms with E-state index in [-0.39, 0.29) is 0 Å². The first-order chi connectivity index (χ1) is 8.30. The molecule has 0 saturated heterocycles. The molecule has 2 heterocycles. The number of azide groups is 1. The van der Waals surface area contributed by atoms with E-state index in [1.54, 1.807) is 12.3 Å². The van der Waals surface area contributed by atoms with Crippen molar-refractivity contribution in [1.82, 2.24) is 9.97 Å². The van der Waals surface area contributed by atoms with E-state index in [9.17, 15) is 0 Å². The highest BCUT2D eigenvalue weighted by molar-refractivity contribution is 5.82. The third-order valence-corrected chi connectivity index (χ3v) is 2.45. The zero-order valence-electron chi connectivity index (χ0n) is 9.66. The number of aromatic nitrogens is 2. The molecule has 0 atom stereocenters. The number of fused-ring (bicyclic) bond motifs is 1. The van der Waals surface area contributed by atoms with Crippen LogP contribution in [0, 0.1) is 0 Å². The molecule has 0 unspecified atom stereocenters. The van der Waals surface area contributed by atoms with Crippen molar-refractivity contribution in [2.24, 2.45) is 5.11 Å². The number of hydrogen-bond acceptors (Lipinski definition) is 5. The van der Waals surface area contributed by atoms with E-state index in [1.807, 2.05) is 18.7 Å². The van der Waals surface area contributed by atoms with E-state index >= 15 is 0 Å². The Morgan fingerprint density at radius 3 is 2.88 bits per heavy atom. The molecule has 17 heavy (non-hydrogen) atoms. The van der Waals surface area contributed by atoms with Gasteiger partial charge >= 0.3 is 0 Å². The van der Waals surface area contributed by atoms with Gasteiger partial charge in [0.1, 0.15) is 0 Å². The van der Waals surface area contributed by atoms with E-state index in [0.717, 1.165) is 13.1 Å². The highest BCUT2D eigenvalue weighted by Crippen LogP contribution is 2.28. The second-order valence-electron chi connectivity index (χ2n) is 3.34. The second kappa shape index (κ2) is 4.71. The van der Waals surface area contributed by atoms with Crippen molar-refractivity contribution in [3.05, 3.63) is 22.7 Å². The Bertz CT molecular complexity index is 567. The summed E-state index contributed by atoms with van der Waals surface area (Å²) in [5.41, 5.74) is 9.74. The van der Waals surface area contributed by atoms with Gasteiger partial charge in [-0.05, 0) is 25.4 Å². The number of hydrogen-bond donors (Lipinski definition) is 0. The van der Waals surface area contributed by atoms with Gasteiger partial charge in [-0.15, -0.1) is 0 Å². The number of pyridine rings is 1. The molecule has 0 aliphatic carbocycles. The molecular weight excluding hydrogens is 220 g/mol. The minimum atomic E-state index is 0.406. The van der Waals surface area contributed by atoms with Gasteiger partial charge in [0.2, 0.25) is 5.65 Å². The summed E-state index contributed by atoms with van der Waals surface area (Å²) in [6.45, 7) is 5.61. The maximum atomic E-state index is 8.45. The van der Waals surface area contributed by atoms with Crippen LogP contribution in [0.3, 0.4) is 0 Å². The third kappa shape index (κ3) is 2.00. The molecule has 0 spiro atoms. The first kappa shape index (κ1) is 11.2. The minimum Gasteiger partial charge on any atom is -0.421 e. The highest BCUT2D eigenvalue weighted by Gasteiger charge is 2.13. The Morgan fingerprint density at radius 1 is 1.47 bits per heavy atom. The van der Waals surface area contributed by atoms with Gasteiger partial charge in [-0.2, -0.15) is 4.98 Å². The molecule has 0 aliphatic heterocycles. The maximum Gasteiger partial charge on any atom is 0.299 e. The second-order valence-corrected chi connectivity index (χ2v) is 3.34. The smallest absolute Gasteiger partial charge is 0.299 e. The van der Waals surface area contributed by atoms with Gasteiger partial charge in [0.25, 0.3) is 6.01 Å². The van der Waals surface area contributed by atoms with Gasteiger partial charge < -0.3 is 9.32 Å². The van der Waals surface area contributed by atoms with Crippen LogP contribution in [-0.4, -0.2) is 23.1 Å². The summed E-state index contributed by atoms with van der Waals surface area (Å²) in [7, 11) is 0. The highest BCUT2D eigenvalue weighted by atomic mass is 16.4. The van der Waals surface area contributed by atoms with Crippen molar-refractivity contribution in [2.45, 2.75) is 13.8 Å². The lowest BCUT2D eigenvalue weighted by atomic mass is 10.4. The summed E-state index contributed by atoms with van der Waals surface area (Å²) >= 11 is 0. The molecule has 7 nitrogen and oxygen atoms in total. The lowest BCUT2D eigenvalue weighted by molar-refractivity contribution is 0.576. The molecule has 0 bridgehead atoms. The van der Waals surface area contributed by atoms with Crippen LogP contribution in [0.5, 0.6) is 0 Å². The van der Waals surface area contributed by atoms with Gasteiger partial charge in [-0.25, -0.2) is 4.98 Å². The number of anilines is 1. The summed E-state index contributed by atoms with van der Waals surface area (Å²) in [5.74, 6) is 0. The molecule has 2 rings (SSSR count). The van der Waals surface area contributed by atoms with Crippen LogP contribution in [-0.2, 0) is 0 Å². The Kier molecular flexibility index (Phi) is 3.11. The van der Waals surface area contributed by atoms with E-state index < -0.39 is 0 Å². The fraction of sp³-hybridized carbons (Fsp3) is 0.400. The Hall–Kier alpha value is -2.27. The van der Waals surface area contributed by atoms with Crippen molar-refractivity contribution in [3.63, 3.8) is 0 Å². The molecule has 88 valence electrons. The molecular formula is C10H12N6O. The summed E-state index contributed by atoms with van der Waals surface area (Å²) in [6.07, 6.45) is 1.54. The van der Waals surface area contributed by atoms with Crippen LogP contribution < -0.4 is 4.90 Å². The third-order valence-electron chi connectivity index (χ3n) is 2.45. The molecule has 0 aliphatic rings. The van der Waals surface area contributed by atoms with Crippen LogP contribution in [0.15, 0.2) is 21.8 Å². The van der Waals surface area contributed by atoms with Crippen LogP contribution >= 0.6 is 0 Å².